The molecule has 29 heavy (non-hydrogen) atoms. The Hall–Kier alpha value is -3.24. The van der Waals surface area contributed by atoms with Gasteiger partial charge in [0.25, 0.3) is 0 Å². The average Bonchev–Trinajstić information content (AvgIpc) is 3.32. The second kappa shape index (κ2) is 6.98. The van der Waals surface area contributed by atoms with Gasteiger partial charge in [-0.05, 0) is 25.0 Å². The van der Waals surface area contributed by atoms with Crippen LogP contribution in [-0.4, -0.2) is 32.8 Å². The Labute approximate surface area is 161 Å². The summed E-state index contributed by atoms with van der Waals surface area (Å²) in [6.07, 6.45) is 1.41. The number of carbonyl (C=O) groups is 1. The molecule has 1 N–H and O–H groups in total. The molecule has 11 heteroatoms. The summed E-state index contributed by atoms with van der Waals surface area (Å²) in [6, 6.07) is 2.07. The highest BCUT2D eigenvalue weighted by molar-refractivity contribution is 5.82. The topological polar surface area (TPSA) is 81.9 Å². The van der Waals surface area contributed by atoms with Gasteiger partial charge in [-0.3, -0.25) is 14.5 Å². The maximum atomic E-state index is 13.8. The summed E-state index contributed by atoms with van der Waals surface area (Å²) in [5, 5.41) is 7.97. The van der Waals surface area contributed by atoms with E-state index in [0.717, 1.165) is 23.9 Å². The average molecular weight is 409 g/mol. The predicted octanol–water partition coefficient (Wildman–Crippen LogP) is 2.80. The first-order valence-electron chi connectivity index (χ1n) is 8.72. The van der Waals surface area contributed by atoms with E-state index in [1.807, 2.05) is 0 Å². The van der Waals surface area contributed by atoms with Crippen LogP contribution in [0.15, 0.2) is 30.7 Å². The smallest absolute Gasteiger partial charge is 0.417 e. The molecule has 0 spiro atoms. The molecule has 3 heterocycles. The maximum Gasteiger partial charge on any atom is 0.417 e. The van der Waals surface area contributed by atoms with Crippen molar-refractivity contribution in [1.82, 2.24) is 25.1 Å². The van der Waals surface area contributed by atoms with Crippen LogP contribution >= 0.6 is 0 Å². The fraction of sp³-hybridized carbons (Fsp3) is 0.333. The first-order valence-corrected chi connectivity index (χ1v) is 8.72. The van der Waals surface area contributed by atoms with Gasteiger partial charge < -0.3 is 10.1 Å². The molecule has 0 bridgehead atoms. The maximum absolute atomic E-state index is 13.8. The first kappa shape index (κ1) is 19.1. The monoisotopic (exact) mass is 409 g/mol. The van der Waals surface area contributed by atoms with Crippen LogP contribution < -0.4 is 10.1 Å². The van der Waals surface area contributed by atoms with E-state index in [9.17, 15) is 22.4 Å². The van der Waals surface area contributed by atoms with Crippen molar-refractivity contribution in [3.05, 3.63) is 47.8 Å². The number of carbonyl (C=O) groups excluding carboxylic acids is 1. The predicted molar refractivity (Wildman–Crippen MR) is 92.3 cm³/mol. The second-order valence-corrected chi connectivity index (χ2v) is 6.69. The number of nitrogens with zero attached hydrogens (tertiary/aromatic N) is 4. The van der Waals surface area contributed by atoms with Crippen molar-refractivity contribution in [2.24, 2.45) is 0 Å². The van der Waals surface area contributed by atoms with E-state index in [0.29, 0.717) is 24.2 Å². The van der Waals surface area contributed by atoms with Crippen molar-refractivity contribution in [3.63, 3.8) is 0 Å². The molecule has 1 fully saturated rings. The number of amides is 1. The quantitative estimate of drug-likeness (QED) is 0.479. The largest absolute Gasteiger partial charge is 0.474 e. The molecule has 0 unspecified atom stereocenters. The molecular weight excluding hydrogens is 394 g/mol. The Morgan fingerprint density at radius 3 is 2.76 bits per heavy atom. The molecule has 0 saturated heterocycles. The molecule has 3 aromatic heterocycles. The van der Waals surface area contributed by atoms with E-state index in [1.165, 1.54) is 0 Å². The van der Waals surface area contributed by atoms with Crippen molar-refractivity contribution in [2.45, 2.75) is 31.1 Å². The van der Waals surface area contributed by atoms with Crippen LogP contribution in [0.3, 0.4) is 0 Å². The SMILES string of the molecule is O=CNC1(c2nccc3nn(CCOc4ncc(C(F)(F)F)cc4F)cc23)CC1. The Morgan fingerprint density at radius 2 is 2.10 bits per heavy atom. The summed E-state index contributed by atoms with van der Waals surface area (Å²) in [7, 11) is 0. The van der Waals surface area contributed by atoms with Crippen LogP contribution in [-0.2, 0) is 23.1 Å². The summed E-state index contributed by atoms with van der Waals surface area (Å²) in [4.78, 5) is 18.7. The lowest BCUT2D eigenvalue weighted by Gasteiger charge is -2.13. The van der Waals surface area contributed by atoms with E-state index in [4.69, 9.17) is 4.74 Å². The zero-order chi connectivity index (χ0) is 20.6. The minimum absolute atomic E-state index is 0.0518. The van der Waals surface area contributed by atoms with Crippen molar-refractivity contribution in [1.29, 1.82) is 0 Å². The molecule has 7 nitrogen and oxygen atoms in total. The van der Waals surface area contributed by atoms with Crippen LogP contribution in [0.4, 0.5) is 17.6 Å². The van der Waals surface area contributed by atoms with Gasteiger partial charge in [-0.25, -0.2) is 9.37 Å². The molecule has 1 aliphatic carbocycles. The summed E-state index contributed by atoms with van der Waals surface area (Å²) in [5.41, 5.74) is -0.255. The molecule has 0 radical (unpaired) electrons. The minimum Gasteiger partial charge on any atom is -0.474 e. The van der Waals surface area contributed by atoms with Gasteiger partial charge in [-0.15, -0.1) is 0 Å². The van der Waals surface area contributed by atoms with Gasteiger partial charge in [0.05, 0.1) is 28.9 Å². The van der Waals surface area contributed by atoms with Crippen molar-refractivity contribution < 1.29 is 27.1 Å². The van der Waals surface area contributed by atoms with Crippen LogP contribution in [0.5, 0.6) is 5.88 Å². The van der Waals surface area contributed by atoms with Crippen LogP contribution in [0.2, 0.25) is 0 Å². The van der Waals surface area contributed by atoms with Crippen LogP contribution in [0, 0.1) is 5.82 Å². The standard InChI is InChI=1S/C18H15F4N5O2/c19-13-7-11(18(20,21)22)8-24-16(13)29-6-5-27-9-12-14(26-27)1-4-23-15(12)17(2-3-17)25-10-28/h1,4,7-10H,2-3,5-6H2,(H,25,28). The number of nitrogens with one attached hydrogen (secondary N) is 1. The third-order valence-corrected chi connectivity index (χ3v) is 4.71. The number of pyridine rings is 2. The molecule has 3 aromatic rings. The minimum atomic E-state index is -4.68. The van der Waals surface area contributed by atoms with Gasteiger partial charge in [0, 0.05) is 24.0 Å². The number of ether oxygens (including phenoxy) is 1. The molecule has 0 atom stereocenters. The highest BCUT2D eigenvalue weighted by atomic mass is 19.4. The lowest BCUT2D eigenvalue weighted by molar-refractivity contribution is -0.138. The summed E-state index contributed by atoms with van der Waals surface area (Å²) >= 11 is 0. The fourth-order valence-corrected chi connectivity index (χ4v) is 3.10. The van der Waals surface area contributed by atoms with Crippen LogP contribution in [0.1, 0.15) is 24.1 Å². The molecule has 4 rings (SSSR count). The molecule has 1 saturated carbocycles. The molecule has 0 aliphatic heterocycles. The van der Waals surface area contributed by atoms with E-state index >= 15 is 0 Å². The Morgan fingerprint density at radius 1 is 1.31 bits per heavy atom. The third-order valence-electron chi connectivity index (χ3n) is 4.71. The Bertz CT molecular complexity index is 1060. The highest BCUT2D eigenvalue weighted by Gasteiger charge is 2.46. The van der Waals surface area contributed by atoms with Crippen molar-refractivity contribution in [2.75, 3.05) is 6.61 Å². The van der Waals surface area contributed by atoms with Crippen molar-refractivity contribution in [3.8, 4) is 5.88 Å². The molecule has 1 amide bonds. The van der Waals surface area contributed by atoms with Crippen LogP contribution in [0.25, 0.3) is 10.9 Å². The zero-order valence-electron chi connectivity index (χ0n) is 14.9. The van der Waals surface area contributed by atoms with Crippen molar-refractivity contribution >= 4 is 17.3 Å². The zero-order valence-corrected chi connectivity index (χ0v) is 14.9. The number of hydrogen-bond acceptors (Lipinski definition) is 5. The number of hydrogen-bond donors (Lipinski definition) is 1. The van der Waals surface area contributed by atoms with E-state index in [1.54, 1.807) is 23.1 Å². The lowest BCUT2D eigenvalue weighted by Crippen LogP contribution is -2.28. The lowest BCUT2D eigenvalue weighted by atomic mass is 10.1. The summed E-state index contributed by atoms with van der Waals surface area (Å²) in [5.74, 6) is -1.70. The Kier molecular flexibility index (Phi) is 4.59. The van der Waals surface area contributed by atoms with Gasteiger partial charge in [-0.1, -0.05) is 0 Å². The van der Waals surface area contributed by atoms with Gasteiger partial charge >= 0.3 is 6.18 Å². The first-order chi connectivity index (χ1) is 13.8. The fourth-order valence-electron chi connectivity index (χ4n) is 3.10. The molecule has 1 aliphatic rings. The van der Waals surface area contributed by atoms with E-state index < -0.39 is 29.0 Å². The van der Waals surface area contributed by atoms with Gasteiger partial charge in [0.2, 0.25) is 12.3 Å². The molecule has 152 valence electrons. The third kappa shape index (κ3) is 3.71. The number of rotatable bonds is 7. The number of alkyl halides is 3. The highest BCUT2D eigenvalue weighted by Crippen LogP contribution is 2.46. The van der Waals surface area contributed by atoms with Gasteiger partial charge in [-0.2, -0.15) is 18.3 Å². The second-order valence-electron chi connectivity index (χ2n) is 6.69. The Balaban J connectivity index is 1.47. The van der Waals surface area contributed by atoms with E-state index in [2.05, 4.69) is 20.4 Å². The van der Waals surface area contributed by atoms with Gasteiger partial charge in [0.1, 0.15) is 6.61 Å². The molecule has 0 aromatic carbocycles. The normalized spacial score (nSPS) is 15.3. The number of aromatic nitrogens is 4. The summed E-state index contributed by atoms with van der Waals surface area (Å²) < 4.78 is 58.2. The molecular formula is C18H15F4N5O2. The number of fused-ring (bicyclic) bond motifs is 1. The van der Waals surface area contributed by atoms with Gasteiger partial charge in [0.15, 0.2) is 5.82 Å². The summed E-state index contributed by atoms with van der Waals surface area (Å²) in [6.45, 7) is 0.161. The van der Waals surface area contributed by atoms with E-state index in [-0.39, 0.29) is 13.2 Å². The number of halogens is 4.